The first-order valence-corrected chi connectivity index (χ1v) is 12.7. The van der Waals surface area contributed by atoms with Crippen molar-refractivity contribution in [3.8, 4) is 0 Å². The average molecular weight is 455 g/mol. The largest absolute Gasteiger partial charge is 0.481 e. The molecule has 0 bridgehead atoms. The van der Waals surface area contributed by atoms with Crippen LogP contribution in [0, 0.1) is 11.8 Å². The monoisotopic (exact) mass is 454 g/mol. The minimum Gasteiger partial charge on any atom is -0.481 e. The molecule has 0 aromatic heterocycles. The molecule has 0 radical (unpaired) electrons. The maximum absolute atomic E-state index is 11.5. The summed E-state index contributed by atoms with van der Waals surface area (Å²) in [5, 5.41) is 20.1. The molecule has 7 heteroatoms. The second-order valence-corrected chi connectivity index (χ2v) is 9.46. The summed E-state index contributed by atoms with van der Waals surface area (Å²) in [5.41, 5.74) is 0. The van der Waals surface area contributed by atoms with Gasteiger partial charge >= 0.3 is 5.97 Å². The number of aliphatic hydroxyl groups excluding tert-OH is 1. The lowest BCUT2D eigenvalue weighted by Gasteiger charge is -2.31. The smallest absolute Gasteiger partial charge is 0.303 e. The number of allylic oxidation sites excluding steroid dienone is 1. The van der Waals surface area contributed by atoms with E-state index in [0.29, 0.717) is 13.0 Å². The normalized spacial score (nSPS) is 34.7. The highest BCUT2D eigenvalue weighted by atomic mass is 16.7. The van der Waals surface area contributed by atoms with Gasteiger partial charge < -0.3 is 29.2 Å². The topological polar surface area (TPSA) is 94.5 Å². The minimum atomic E-state index is -0.875. The van der Waals surface area contributed by atoms with Gasteiger partial charge in [-0.3, -0.25) is 4.79 Å². The molecule has 7 atom stereocenters. The van der Waals surface area contributed by atoms with Crippen LogP contribution in [0.3, 0.4) is 0 Å². The van der Waals surface area contributed by atoms with Crippen LogP contribution in [0.4, 0.5) is 0 Å². The van der Waals surface area contributed by atoms with E-state index in [2.05, 4.69) is 19.1 Å². The molecular weight excluding hydrogens is 412 g/mol. The van der Waals surface area contributed by atoms with Gasteiger partial charge in [-0.1, -0.05) is 25.5 Å². The SMILES string of the molecule is CCC/C=C\C(CC[C@@H]1[C@@H](CC(=O)O)[C@@H](O)C[C@H]1OC1CCCCO1)OC1CCCCO1. The summed E-state index contributed by atoms with van der Waals surface area (Å²) in [6.07, 6.45) is 13.0. The third-order valence-corrected chi connectivity index (χ3v) is 6.93. The van der Waals surface area contributed by atoms with Gasteiger partial charge in [0.2, 0.25) is 0 Å². The summed E-state index contributed by atoms with van der Waals surface area (Å²) in [5.74, 6) is -1.23. The molecule has 3 fully saturated rings. The van der Waals surface area contributed by atoms with Gasteiger partial charge in [0.25, 0.3) is 0 Å². The quantitative estimate of drug-likeness (QED) is 0.422. The predicted octanol–water partition coefficient (Wildman–Crippen LogP) is 4.42. The molecule has 2 heterocycles. The second-order valence-electron chi connectivity index (χ2n) is 9.46. The number of aliphatic hydroxyl groups is 1. The molecule has 3 aliphatic rings. The first-order valence-electron chi connectivity index (χ1n) is 12.7. The first kappa shape index (κ1) is 25.6. The fourth-order valence-corrected chi connectivity index (χ4v) is 5.20. The van der Waals surface area contributed by atoms with E-state index >= 15 is 0 Å². The van der Waals surface area contributed by atoms with E-state index in [0.717, 1.165) is 70.8 Å². The molecule has 2 aliphatic heterocycles. The van der Waals surface area contributed by atoms with Crippen molar-refractivity contribution in [2.24, 2.45) is 11.8 Å². The summed E-state index contributed by atoms with van der Waals surface area (Å²) in [6, 6.07) is 0. The molecular formula is C25H42O7. The van der Waals surface area contributed by atoms with Gasteiger partial charge in [-0.2, -0.15) is 0 Å². The Morgan fingerprint density at radius 3 is 2.44 bits per heavy atom. The molecule has 0 aromatic carbocycles. The number of unbranched alkanes of at least 4 members (excludes halogenated alkanes) is 1. The average Bonchev–Trinajstić information content (AvgIpc) is 3.06. The number of hydrogen-bond acceptors (Lipinski definition) is 6. The van der Waals surface area contributed by atoms with Gasteiger partial charge in [0.05, 0.1) is 24.7 Å². The summed E-state index contributed by atoms with van der Waals surface area (Å²) in [7, 11) is 0. The van der Waals surface area contributed by atoms with Crippen LogP contribution in [-0.2, 0) is 23.7 Å². The van der Waals surface area contributed by atoms with Crippen molar-refractivity contribution >= 4 is 5.97 Å². The Labute approximate surface area is 192 Å². The van der Waals surface area contributed by atoms with Crippen molar-refractivity contribution in [2.45, 2.75) is 115 Å². The van der Waals surface area contributed by atoms with Crippen LogP contribution >= 0.6 is 0 Å². The van der Waals surface area contributed by atoms with Crippen LogP contribution in [0.25, 0.3) is 0 Å². The number of rotatable bonds is 12. The van der Waals surface area contributed by atoms with Crippen molar-refractivity contribution in [2.75, 3.05) is 13.2 Å². The third kappa shape index (κ3) is 8.10. The zero-order valence-corrected chi connectivity index (χ0v) is 19.5. The Morgan fingerprint density at radius 2 is 1.81 bits per heavy atom. The lowest BCUT2D eigenvalue weighted by molar-refractivity contribution is -0.198. The third-order valence-electron chi connectivity index (χ3n) is 6.93. The lowest BCUT2D eigenvalue weighted by Crippen LogP contribution is -2.33. The van der Waals surface area contributed by atoms with Crippen molar-refractivity contribution < 1.29 is 34.0 Å². The molecule has 184 valence electrons. The van der Waals surface area contributed by atoms with Gasteiger partial charge in [-0.25, -0.2) is 0 Å². The predicted molar refractivity (Wildman–Crippen MR) is 120 cm³/mol. The van der Waals surface area contributed by atoms with Crippen LogP contribution < -0.4 is 0 Å². The lowest BCUT2D eigenvalue weighted by atomic mass is 9.86. The number of carboxylic acids is 1. The van der Waals surface area contributed by atoms with Crippen molar-refractivity contribution in [1.29, 1.82) is 0 Å². The number of ether oxygens (including phenoxy) is 4. The zero-order valence-electron chi connectivity index (χ0n) is 19.5. The second kappa shape index (κ2) is 13.7. The first-order chi connectivity index (χ1) is 15.6. The molecule has 7 nitrogen and oxygen atoms in total. The summed E-state index contributed by atoms with van der Waals surface area (Å²) in [6.45, 7) is 3.59. The van der Waals surface area contributed by atoms with Gasteiger partial charge in [-0.05, 0) is 63.7 Å². The van der Waals surface area contributed by atoms with Crippen molar-refractivity contribution in [3.05, 3.63) is 12.2 Å². The Morgan fingerprint density at radius 1 is 1.09 bits per heavy atom. The number of aliphatic carboxylic acids is 1. The Kier molecular flexibility index (Phi) is 10.9. The van der Waals surface area contributed by atoms with Crippen LogP contribution in [-0.4, -0.2) is 60.3 Å². The molecule has 3 rings (SSSR count). The highest BCUT2D eigenvalue weighted by molar-refractivity contribution is 5.67. The van der Waals surface area contributed by atoms with Crippen LogP contribution in [0.15, 0.2) is 12.2 Å². The maximum atomic E-state index is 11.5. The van der Waals surface area contributed by atoms with Crippen molar-refractivity contribution in [1.82, 2.24) is 0 Å². The Bertz CT molecular complexity index is 569. The van der Waals surface area contributed by atoms with Crippen molar-refractivity contribution in [3.63, 3.8) is 0 Å². The van der Waals surface area contributed by atoms with Gasteiger partial charge in [0, 0.05) is 25.6 Å². The summed E-state index contributed by atoms with van der Waals surface area (Å²) < 4.78 is 24.1. The Hall–Kier alpha value is -0.990. The molecule has 1 aliphatic carbocycles. The van der Waals surface area contributed by atoms with E-state index in [-0.39, 0.29) is 43.0 Å². The minimum absolute atomic E-state index is 0.0374. The molecule has 3 unspecified atom stereocenters. The molecule has 0 aromatic rings. The molecule has 2 saturated heterocycles. The number of hydrogen-bond donors (Lipinski definition) is 2. The highest BCUT2D eigenvalue weighted by Gasteiger charge is 2.45. The van der Waals surface area contributed by atoms with Gasteiger partial charge in [-0.15, -0.1) is 0 Å². The van der Waals surface area contributed by atoms with E-state index in [1.807, 2.05) is 0 Å². The summed E-state index contributed by atoms with van der Waals surface area (Å²) in [4.78, 5) is 11.5. The van der Waals surface area contributed by atoms with Crippen LogP contribution in [0.2, 0.25) is 0 Å². The Balaban J connectivity index is 1.64. The molecule has 1 saturated carbocycles. The van der Waals surface area contributed by atoms with E-state index in [1.54, 1.807) is 0 Å². The standard InChI is InChI=1S/C25H42O7/c1-2-3-4-9-18(31-24-10-5-7-14-29-24)12-13-19-20(16-23(27)28)21(26)17-22(19)32-25-11-6-8-15-30-25/h4,9,18-22,24-26H,2-3,5-8,10-17H2,1H3,(H,27,28)/b9-4-/t18?,19-,20-,21+,22-,24?,25?/m1/s1. The highest BCUT2D eigenvalue weighted by Crippen LogP contribution is 2.41. The zero-order chi connectivity index (χ0) is 22.8. The number of carboxylic acid groups (broad SMARTS) is 1. The number of carbonyl (C=O) groups is 1. The molecule has 0 amide bonds. The summed E-state index contributed by atoms with van der Waals surface area (Å²) >= 11 is 0. The van der Waals surface area contributed by atoms with Crippen LogP contribution in [0.1, 0.15) is 84.0 Å². The van der Waals surface area contributed by atoms with E-state index in [9.17, 15) is 15.0 Å². The van der Waals surface area contributed by atoms with Crippen LogP contribution in [0.5, 0.6) is 0 Å². The molecule has 2 N–H and O–H groups in total. The van der Waals surface area contributed by atoms with E-state index in [1.165, 1.54) is 0 Å². The molecule has 32 heavy (non-hydrogen) atoms. The fourth-order valence-electron chi connectivity index (χ4n) is 5.20. The molecule has 0 spiro atoms. The van der Waals surface area contributed by atoms with Gasteiger partial charge in [0.15, 0.2) is 12.6 Å². The van der Waals surface area contributed by atoms with E-state index in [4.69, 9.17) is 18.9 Å². The fraction of sp³-hybridized carbons (Fsp3) is 0.880. The van der Waals surface area contributed by atoms with E-state index < -0.39 is 12.1 Å². The maximum Gasteiger partial charge on any atom is 0.303 e. The van der Waals surface area contributed by atoms with Gasteiger partial charge in [0.1, 0.15) is 0 Å².